The van der Waals surface area contributed by atoms with Gasteiger partial charge in [-0.15, -0.1) is 0 Å². The van der Waals surface area contributed by atoms with E-state index in [4.69, 9.17) is 9.57 Å². The number of carboxylic acids is 1. The maximum absolute atomic E-state index is 11.5. The smallest absolute Gasteiger partial charge is 0.316 e. The maximum Gasteiger partial charge on any atom is 0.316 e. The first-order valence-corrected chi connectivity index (χ1v) is 6.44. The van der Waals surface area contributed by atoms with Crippen molar-refractivity contribution < 1.29 is 29.4 Å². The van der Waals surface area contributed by atoms with Gasteiger partial charge in [-0.3, -0.25) is 9.59 Å². The molecule has 0 radical (unpaired) electrons. The third-order valence-corrected chi connectivity index (χ3v) is 3.06. The fourth-order valence-corrected chi connectivity index (χ4v) is 2.10. The summed E-state index contributed by atoms with van der Waals surface area (Å²) in [5.41, 5.74) is 0.739. The number of aliphatic carboxylic acids is 1. The Labute approximate surface area is 120 Å². The number of rotatable bonds is 5. The van der Waals surface area contributed by atoms with Crippen molar-refractivity contribution in [1.29, 1.82) is 0 Å². The minimum Gasteiger partial charge on any atom is -0.508 e. The molecular formula is C14H15NO6. The van der Waals surface area contributed by atoms with Gasteiger partial charge in [-0.2, -0.15) is 0 Å². The van der Waals surface area contributed by atoms with Gasteiger partial charge >= 0.3 is 11.9 Å². The Morgan fingerprint density at radius 1 is 1.33 bits per heavy atom. The van der Waals surface area contributed by atoms with E-state index in [1.165, 1.54) is 12.1 Å². The Hall–Kier alpha value is -2.57. The predicted octanol–water partition coefficient (Wildman–Crippen LogP) is 1.15. The third-order valence-electron chi connectivity index (χ3n) is 3.06. The zero-order valence-corrected chi connectivity index (χ0v) is 11.4. The van der Waals surface area contributed by atoms with Gasteiger partial charge in [0, 0.05) is 5.56 Å². The Kier molecular flexibility index (Phi) is 4.42. The molecule has 1 heterocycles. The average Bonchev–Trinajstić information content (AvgIpc) is 2.83. The van der Waals surface area contributed by atoms with Crippen molar-refractivity contribution >= 4 is 17.7 Å². The Morgan fingerprint density at radius 2 is 2.00 bits per heavy atom. The number of phenols is 1. The van der Waals surface area contributed by atoms with Gasteiger partial charge in [0.05, 0.1) is 13.0 Å². The van der Waals surface area contributed by atoms with E-state index < -0.39 is 24.0 Å². The molecule has 1 aromatic carbocycles. The van der Waals surface area contributed by atoms with E-state index in [9.17, 15) is 19.8 Å². The van der Waals surface area contributed by atoms with Crippen LogP contribution in [0.3, 0.4) is 0 Å². The number of oxime groups is 1. The van der Waals surface area contributed by atoms with Crippen LogP contribution in [0.4, 0.5) is 0 Å². The molecule has 0 saturated carbocycles. The van der Waals surface area contributed by atoms with Crippen molar-refractivity contribution in [2.45, 2.75) is 19.4 Å². The lowest BCUT2D eigenvalue weighted by molar-refractivity contribution is -0.149. The largest absolute Gasteiger partial charge is 0.508 e. The number of hydrogen-bond donors (Lipinski definition) is 2. The summed E-state index contributed by atoms with van der Waals surface area (Å²) < 4.78 is 4.79. The fraction of sp³-hybridized carbons (Fsp3) is 0.357. The highest BCUT2D eigenvalue weighted by Crippen LogP contribution is 2.27. The summed E-state index contributed by atoms with van der Waals surface area (Å²) in [6.45, 7) is 1.88. The number of benzene rings is 1. The van der Waals surface area contributed by atoms with E-state index in [2.05, 4.69) is 5.16 Å². The molecule has 0 bridgehead atoms. The molecule has 2 N–H and O–H groups in total. The van der Waals surface area contributed by atoms with Gasteiger partial charge in [-0.25, -0.2) is 0 Å². The monoisotopic (exact) mass is 293 g/mol. The number of ether oxygens (including phenoxy) is 1. The summed E-state index contributed by atoms with van der Waals surface area (Å²) in [5, 5.41) is 22.4. The van der Waals surface area contributed by atoms with Crippen LogP contribution < -0.4 is 0 Å². The molecule has 0 fully saturated rings. The van der Waals surface area contributed by atoms with E-state index in [0.29, 0.717) is 5.56 Å². The fourth-order valence-electron chi connectivity index (χ4n) is 2.10. The van der Waals surface area contributed by atoms with Crippen LogP contribution in [-0.2, 0) is 19.2 Å². The number of carbonyl (C=O) groups excluding carboxylic acids is 1. The summed E-state index contributed by atoms with van der Waals surface area (Å²) >= 11 is 0. The van der Waals surface area contributed by atoms with Crippen molar-refractivity contribution in [1.82, 2.24) is 0 Å². The number of phenolic OH excluding ortho intramolecular Hbond substituents is 1. The van der Waals surface area contributed by atoms with Crippen LogP contribution in [0.25, 0.3) is 0 Å². The molecule has 0 saturated heterocycles. The van der Waals surface area contributed by atoms with Crippen LogP contribution in [-0.4, -0.2) is 40.6 Å². The van der Waals surface area contributed by atoms with Gasteiger partial charge in [0.2, 0.25) is 0 Å². The lowest BCUT2D eigenvalue weighted by Crippen LogP contribution is -2.33. The highest BCUT2D eigenvalue weighted by atomic mass is 16.6. The summed E-state index contributed by atoms with van der Waals surface area (Å²) in [5.74, 6) is -2.66. The van der Waals surface area contributed by atoms with E-state index in [1.807, 2.05) is 0 Å². The van der Waals surface area contributed by atoms with E-state index in [0.717, 1.165) is 0 Å². The second-order valence-corrected chi connectivity index (χ2v) is 4.49. The number of nitrogens with zero attached hydrogens (tertiary/aromatic N) is 1. The van der Waals surface area contributed by atoms with Gasteiger partial charge in [0.15, 0.2) is 6.10 Å². The van der Waals surface area contributed by atoms with Crippen molar-refractivity contribution in [3.63, 3.8) is 0 Å². The van der Waals surface area contributed by atoms with Gasteiger partial charge in [0.25, 0.3) is 0 Å². The quantitative estimate of drug-likeness (QED) is 0.789. The second kappa shape index (κ2) is 6.25. The molecule has 1 aromatic rings. The number of carboxylic acid groups (broad SMARTS) is 1. The molecule has 2 rings (SSSR count). The first kappa shape index (κ1) is 14.8. The molecule has 0 spiro atoms. The average molecular weight is 293 g/mol. The second-order valence-electron chi connectivity index (χ2n) is 4.49. The summed E-state index contributed by atoms with van der Waals surface area (Å²) in [6, 6.07) is 5.94. The van der Waals surface area contributed by atoms with Crippen molar-refractivity contribution in [3.05, 3.63) is 29.8 Å². The van der Waals surface area contributed by atoms with Crippen LogP contribution in [0.15, 0.2) is 29.4 Å². The van der Waals surface area contributed by atoms with Crippen LogP contribution in [0.2, 0.25) is 0 Å². The minimum absolute atomic E-state index is 0.0632. The zero-order valence-electron chi connectivity index (χ0n) is 11.4. The van der Waals surface area contributed by atoms with E-state index in [-0.39, 0.29) is 24.5 Å². The first-order valence-electron chi connectivity index (χ1n) is 6.44. The highest BCUT2D eigenvalue weighted by molar-refractivity contribution is 6.12. The minimum atomic E-state index is -1.13. The lowest BCUT2D eigenvalue weighted by Gasteiger charge is -2.14. The van der Waals surface area contributed by atoms with Crippen LogP contribution in [0, 0.1) is 5.92 Å². The molecular weight excluding hydrogens is 278 g/mol. The molecule has 1 aliphatic heterocycles. The predicted molar refractivity (Wildman–Crippen MR) is 71.9 cm³/mol. The Morgan fingerprint density at radius 3 is 2.57 bits per heavy atom. The molecule has 7 heteroatoms. The number of hydrogen-bond acceptors (Lipinski definition) is 6. The molecule has 112 valence electrons. The number of carbonyl (C=O) groups is 2. The molecule has 2 atom stereocenters. The normalized spacial score (nSPS) is 20.5. The SMILES string of the molecule is CCOC(=O)CC1ON=C(c2ccc(O)cc2)C1C(=O)O. The summed E-state index contributed by atoms with van der Waals surface area (Å²) in [4.78, 5) is 28.0. The van der Waals surface area contributed by atoms with Gasteiger partial charge in [-0.05, 0) is 31.2 Å². The van der Waals surface area contributed by atoms with Crippen LogP contribution in [0.5, 0.6) is 5.75 Å². The van der Waals surface area contributed by atoms with E-state index >= 15 is 0 Å². The van der Waals surface area contributed by atoms with E-state index in [1.54, 1.807) is 19.1 Å². The third kappa shape index (κ3) is 3.31. The molecule has 0 amide bonds. The van der Waals surface area contributed by atoms with Crippen molar-refractivity contribution in [2.24, 2.45) is 11.1 Å². The van der Waals surface area contributed by atoms with Crippen molar-refractivity contribution in [3.8, 4) is 5.75 Å². The highest BCUT2D eigenvalue weighted by Gasteiger charge is 2.42. The number of esters is 1. The van der Waals surface area contributed by atoms with Gasteiger partial charge in [0.1, 0.15) is 17.4 Å². The first-order chi connectivity index (χ1) is 10.0. The molecule has 21 heavy (non-hydrogen) atoms. The lowest BCUT2D eigenvalue weighted by atomic mass is 9.91. The van der Waals surface area contributed by atoms with Crippen LogP contribution >= 0.6 is 0 Å². The molecule has 0 aromatic heterocycles. The maximum atomic E-state index is 11.5. The number of aromatic hydroxyl groups is 1. The zero-order chi connectivity index (χ0) is 15.4. The van der Waals surface area contributed by atoms with Gasteiger partial charge < -0.3 is 19.8 Å². The van der Waals surface area contributed by atoms with Gasteiger partial charge in [-0.1, -0.05) is 5.16 Å². The molecule has 7 nitrogen and oxygen atoms in total. The van der Waals surface area contributed by atoms with Crippen molar-refractivity contribution in [2.75, 3.05) is 6.61 Å². The van der Waals surface area contributed by atoms with Crippen LogP contribution in [0.1, 0.15) is 18.9 Å². The Balaban J connectivity index is 2.18. The summed E-state index contributed by atoms with van der Waals surface area (Å²) in [6.07, 6.45) is -1.08. The summed E-state index contributed by atoms with van der Waals surface area (Å²) in [7, 11) is 0. The molecule has 1 aliphatic rings. The molecule has 2 unspecified atom stereocenters. The Bertz CT molecular complexity index is 565. The molecule has 0 aliphatic carbocycles. The topological polar surface area (TPSA) is 105 Å². The standard InChI is InChI=1S/C14H15NO6/c1-2-20-11(17)7-10-12(14(18)19)13(15-21-10)8-3-5-9(16)6-4-8/h3-6,10,12,16H,2,7H2,1H3,(H,18,19).